The third-order valence-electron chi connectivity index (χ3n) is 5.80. The molecule has 2 aromatic heterocycles. The van der Waals surface area contributed by atoms with E-state index in [1.165, 1.54) is 0 Å². The highest BCUT2D eigenvalue weighted by Crippen LogP contribution is 2.34. The van der Waals surface area contributed by atoms with E-state index < -0.39 is 5.54 Å². The number of nitrogens with one attached hydrogen (secondary N) is 3. The number of benzene rings is 3. The fraction of sp³-hybridized carbons (Fsp3) is 0.154. The summed E-state index contributed by atoms with van der Waals surface area (Å²) >= 11 is 12.6. The van der Waals surface area contributed by atoms with Crippen LogP contribution in [0.25, 0.3) is 27.0 Å². The van der Waals surface area contributed by atoms with Gasteiger partial charge in [0.05, 0.1) is 26.8 Å². The molecule has 5 aromatic rings. The summed E-state index contributed by atoms with van der Waals surface area (Å²) in [5.74, 6) is 0.426. The second-order valence-electron chi connectivity index (χ2n) is 8.74. The molecule has 0 aliphatic heterocycles. The van der Waals surface area contributed by atoms with Crippen LogP contribution in [0.3, 0.4) is 0 Å². The van der Waals surface area contributed by atoms with Crippen LogP contribution in [0.5, 0.6) is 0 Å². The first kappa shape index (κ1) is 23.7. The Morgan fingerprint density at radius 2 is 1.78 bits per heavy atom. The zero-order valence-corrected chi connectivity index (χ0v) is 21.0. The molecule has 2 heterocycles. The molecule has 0 spiro atoms. The van der Waals surface area contributed by atoms with Gasteiger partial charge in [0.25, 0.3) is 11.4 Å². The molecule has 1 amide bonds. The normalized spacial score (nSPS) is 11.6. The number of hydrogen-bond acceptors (Lipinski definition) is 5. The molecule has 0 saturated heterocycles. The minimum absolute atomic E-state index is 0.301. The molecule has 0 bridgehead atoms. The van der Waals surface area contributed by atoms with Crippen molar-refractivity contribution in [3.05, 3.63) is 87.0 Å². The highest BCUT2D eigenvalue weighted by Gasteiger charge is 2.26. The summed E-state index contributed by atoms with van der Waals surface area (Å²) in [4.78, 5) is 29.1. The Morgan fingerprint density at radius 3 is 2.44 bits per heavy atom. The first-order valence-corrected chi connectivity index (χ1v) is 11.7. The van der Waals surface area contributed by atoms with E-state index in [2.05, 4.69) is 30.4 Å². The zero-order chi connectivity index (χ0) is 25.6. The molecule has 3 N–H and O–H groups in total. The number of hydrogen-bond donors (Lipinski definition) is 3. The number of amides is 1. The quantitative estimate of drug-likeness (QED) is 0.209. The van der Waals surface area contributed by atoms with Crippen molar-refractivity contribution in [1.82, 2.24) is 15.0 Å². The highest BCUT2D eigenvalue weighted by molar-refractivity contribution is 6.39. The third-order valence-corrected chi connectivity index (χ3v) is 6.43. The van der Waals surface area contributed by atoms with Crippen molar-refractivity contribution >= 4 is 68.6 Å². The van der Waals surface area contributed by atoms with Crippen LogP contribution in [0.15, 0.2) is 52.9 Å². The molecule has 180 valence electrons. The number of aromatic nitrogens is 3. The van der Waals surface area contributed by atoms with E-state index in [4.69, 9.17) is 34.2 Å². The molecule has 0 fully saturated rings. The van der Waals surface area contributed by atoms with Crippen LogP contribution in [0, 0.1) is 13.5 Å². The fourth-order valence-corrected chi connectivity index (χ4v) is 4.33. The number of H-pyrrole nitrogens is 1. The standard InChI is InChI=1S/C26H20Cl2N6O2/c1-13-30-22-21-19(32-25(34-21)33-20-17(27)6-5-7-18(20)28)12-16(23(22)36-13)24(35)31-15-10-8-14(9-11-15)26(2,3)29-4/h5-12H,1-3H3,(H,31,35)(H2,32,33,34). The van der Waals surface area contributed by atoms with Gasteiger partial charge in [0.2, 0.25) is 5.95 Å². The average Bonchev–Trinajstić information content (AvgIpc) is 3.43. The van der Waals surface area contributed by atoms with Crippen molar-refractivity contribution in [1.29, 1.82) is 0 Å². The molecular weight excluding hydrogens is 499 g/mol. The Hall–Kier alpha value is -4.06. The molecule has 0 saturated carbocycles. The maximum absolute atomic E-state index is 13.3. The minimum Gasteiger partial charge on any atom is -0.440 e. The Kier molecular flexibility index (Phi) is 5.83. The number of para-hydroxylation sites is 1. The average molecular weight is 519 g/mol. The van der Waals surface area contributed by atoms with Crippen molar-refractivity contribution in [3.63, 3.8) is 0 Å². The number of anilines is 3. The van der Waals surface area contributed by atoms with E-state index >= 15 is 0 Å². The van der Waals surface area contributed by atoms with Gasteiger partial charge in [0.1, 0.15) is 11.0 Å². The molecule has 8 nitrogen and oxygen atoms in total. The predicted molar refractivity (Wildman–Crippen MR) is 142 cm³/mol. The number of carbonyl (C=O) groups is 1. The summed E-state index contributed by atoms with van der Waals surface area (Å²) in [5.41, 5.74) is 3.53. The zero-order valence-electron chi connectivity index (χ0n) is 19.5. The molecular formula is C26H20Cl2N6O2. The number of imidazole rings is 1. The van der Waals surface area contributed by atoms with Gasteiger partial charge in [0, 0.05) is 32.0 Å². The monoisotopic (exact) mass is 518 g/mol. The number of rotatable bonds is 5. The summed E-state index contributed by atoms with van der Waals surface area (Å²) in [6, 6.07) is 14.1. The summed E-state index contributed by atoms with van der Waals surface area (Å²) in [5, 5.41) is 6.88. The first-order chi connectivity index (χ1) is 17.2. The van der Waals surface area contributed by atoms with Gasteiger partial charge in [-0.3, -0.25) is 4.79 Å². The van der Waals surface area contributed by atoms with Crippen molar-refractivity contribution in [2.24, 2.45) is 0 Å². The third kappa shape index (κ3) is 4.24. The number of halogens is 2. The molecule has 3 aromatic carbocycles. The van der Waals surface area contributed by atoms with Gasteiger partial charge in [-0.1, -0.05) is 29.3 Å². The molecule has 0 aliphatic carbocycles. The fourth-order valence-electron chi connectivity index (χ4n) is 3.84. The van der Waals surface area contributed by atoms with Crippen LogP contribution >= 0.6 is 23.2 Å². The van der Waals surface area contributed by atoms with E-state index in [0.717, 1.165) is 5.56 Å². The molecule has 0 unspecified atom stereocenters. The van der Waals surface area contributed by atoms with Crippen LogP contribution in [0.4, 0.5) is 17.3 Å². The van der Waals surface area contributed by atoms with Crippen molar-refractivity contribution in [2.75, 3.05) is 10.6 Å². The molecule has 0 aliphatic rings. The van der Waals surface area contributed by atoms with E-state index in [1.807, 2.05) is 26.0 Å². The topological polar surface area (TPSA) is 100 Å². The second-order valence-corrected chi connectivity index (χ2v) is 9.55. The maximum atomic E-state index is 13.3. The number of aryl methyl sites for hydroxylation is 1. The van der Waals surface area contributed by atoms with Crippen LogP contribution < -0.4 is 10.6 Å². The van der Waals surface area contributed by atoms with Crippen LogP contribution in [-0.4, -0.2) is 20.9 Å². The van der Waals surface area contributed by atoms with Crippen molar-refractivity contribution in [2.45, 2.75) is 26.3 Å². The van der Waals surface area contributed by atoms with Crippen molar-refractivity contribution in [3.8, 4) is 0 Å². The van der Waals surface area contributed by atoms with Gasteiger partial charge < -0.3 is 24.9 Å². The largest absolute Gasteiger partial charge is 0.440 e. The number of oxazole rings is 1. The number of carbonyl (C=O) groups excluding carboxylic acids is 1. The van der Waals surface area contributed by atoms with E-state index in [9.17, 15) is 4.79 Å². The van der Waals surface area contributed by atoms with Gasteiger partial charge in [-0.2, -0.15) is 0 Å². The smallest absolute Gasteiger partial charge is 0.259 e. The Bertz CT molecular complexity index is 1660. The summed E-state index contributed by atoms with van der Waals surface area (Å²) in [7, 11) is 0. The van der Waals surface area contributed by atoms with E-state index in [0.29, 0.717) is 61.0 Å². The first-order valence-electron chi connectivity index (χ1n) is 11.0. The number of nitrogens with zero attached hydrogens (tertiary/aromatic N) is 3. The van der Waals surface area contributed by atoms with Crippen LogP contribution in [0.1, 0.15) is 35.7 Å². The van der Waals surface area contributed by atoms with Gasteiger partial charge >= 0.3 is 0 Å². The molecule has 10 heteroatoms. The SMILES string of the molecule is [C-]#[N+]C(C)(C)c1ccc(NC(=O)c2cc3[nH]c(Nc4c(Cl)cccc4Cl)nc3c3nc(C)oc23)cc1. The minimum atomic E-state index is -0.641. The maximum Gasteiger partial charge on any atom is 0.259 e. The lowest BCUT2D eigenvalue weighted by Gasteiger charge is -2.12. The molecule has 0 radical (unpaired) electrons. The molecule has 36 heavy (non-hydrogen) atoms. The van der Waals surface area contributed by atoms with Gasteiger partial charge in [-0.25, -0.2) is 16.5 Å². The van der Waals surface area contributed by atoms with Gasteiger partial charge in [-0.05, 0) is 42.5 Å². The molecule has 0 atom stereocenters. The van der Waals surface area contributed by atoms with Crippen LogP contribution in [-0.2, 0) is 5.54 Å². The predicted octanol–water partition coefficient (Wildman–Crippen LogP) is 7.47. The Morgan fingerprint density at radius 1 is 1.08 bits per heavy atom. The van der Waals surface area contributed by atoms with Gasteiger partial charge in [-0.15, -0.1) is 0 Å². The number of aromatic amines is 1. The van der Waals surface area contributed by atoms with Crippen molar-refractivity contribution < 1.29 is 9.21 Å². The highest BCUT2D eigenvalue weighted by atomic mass is 35.5. The number of fused-ring (bicyclic) bond motifs is 3. The van der Waals surface area contributed by atoms with E-state index in [1.54, 1.807) is 43.3 Å². The Balaban J connectivity index is 1.51. The van der Waals surface area contributed by atoms with Crippen LogP contribution in [0.2, 0.25) is 10.0 Å². The summed E-state index contributed by atoms with van der Waals surface area (Å²) in [6.45, 7) is 12.8. The van der Waals surface area contributed by atoms with E-state index in [-0.39, 0.29) is 5.91 Å². The summed E-state index contributed by atoms with van der Waals surface area (Å²) in [6.07, 6.45) is 0. The summed E-state index contributed by atoms with van der Waals surface area (Å²) < 4.78 is 5.79. The molecule has 5 rings (SSSR count). The van der Waals surface area contributed by atoms with Gasteiger partial charge in [0.15, 0.2) is 11.5 Å². The lowest BCUT2D eigenvalue weighted by Crippen LogP contribution is -2.14. The lowest BCUT2D eigenvalue weighted by molar-refractivity contribution is 0.102. The lowest BCUT2D eigenvalue weighted by atomic mass is 9.95. The second kappa shape index (κ2) is 8.86. The Labute approximate surface area is 216 Å².